The molecule has 0 spiro atoms. The van der Waals surface area contributed by atoms with Crippen molar-refractivity contribution in [2.75, 3.05) is 53.9 Å². The van der Waals surface area contributed by atoms with Gasteiger partial charge in [-0.3, -0.25) is 14.4 Å². The summed E-state index contributed by atoms with van der Waals surface area (Å²) in [5.41, 5.74) is 8.69. The van der Waals surface area contributed by atoms with Crippen molar-refractivity contribution < 1.29 is 94.0 Å². The number of carboxylic acids is 1. The van der Waals surface area contributed by atoms with Gasteiger partial charge in [-0.2, -0.15) is 0 Å². The second-order valence-electron chi connectivity index (χ2n) is 36.3. The first-order valence-electron chi connectivity index (χ1n) is 42.4. The van der Waals surface area contributed by atoms with Crippen molar-refractivity contribution in [3.05, 3.63) is 165 Å². The van der Waals surface area contributed by atoms with Gasteiger partial charge in [0.2, 0.25) is 0 Å². The second-order valence-corrected chi connectivity index (χ2v) is 36.3. The van der Waals surface area contributed by atoms with E-state index in [-0.39, 0.29) is 109 Å². The molecule has 4 aromatic carbocycles. The van der Waals surface area contributed by atoms with Crippen molar-refractivity contribution in [3.63, 3.8) is 0 Å². The number of methoxy groups -OCH3 is 2. The molecule has 14 atom stereocenters. The predicted octanol–water partition coefficient (Wildman–Crippen LogP) is 17.4. The highest BCUT2D eigenvalue weighted by atomic mass is 16.6. The van der Waals surface area contributed by atoms with Gasteiger partial charge in [0.1, 0.15) is 44.7 Å². The Hall–Kier alpha value is -8.40. The van der Waals surface area contributed by atoms with Crippen molar-refractivity contribution in [2.45, 2.75) is 217 Å². The lowest BCUT2D eigenvalue weighted by atomic mass is 9.47. The Bertz CT molecular complexity index is 4240. The van der Waals surface area contributed by atoms with Crippen molar-refractivity contribution in [3.8, 4) is 0 Å². The predicted molar refractivity (Wildman–Crippen MR) is 448 cm³/mol. The van der Waals surface area contributed by atoms with E-state index < -0.39 is 52.5 Å². The summed E-state index contributed by atoms with van der Waals surface area (Å²) in [6.07, 6.45) is 29.0. The zero-order valence-electron chi connectivity index (χ0n) is 71.9. The molecule has 9 aliphatic rings. The molecule has 20 nitrogen and oxygen atoms in total. The molecule has 3 saturated carbocycles. The first kappa shape index (κ1) is 89.9. The molecule has 20 heteroatoms. The minimum absolute atomic E-state index is 0.00288. The lowest BCUT2D eigenvalue weighted by molar-refractivity contribution is -0.173. The molecule has 0 heterocycles. The highest BCUT2D eigenvalue weighted by Crippen LogP contribution is 2.65. The fourth-order valence-electron chi connectivity index (χ4n) is 21.4. The summed E-state index contributed by atoms with van der Waals surface area (Å²) in [4.78, 5) is 88.5. The van der Waals surface area contributed by atoms with E-state index >= 15 is 0 Å². The molecule has 4 aromatic rings. The van der Waals surface area contributed by atoms with Crippen LogP contribution in [0, 0.1) is 91.2 Å². The molecular weight excluding hydrogens is 1470 g/mol. The molecule has 0 saturated heterocycles. The standard InChI is InChI=1S/C58H76O10.C20H30O2.C14H12O4.C3H8O3.CH3N/c1-35(2)37-15-19-47-41(27-37)17-21-49-55(47,5)23-9-25-57(49,7)53(63)67-33-45(59)31-65-51(61)43-13-11-40-30-44(14-12-39(40)29-43)52(62)66-32-46(60)34-68-54(64)58(8)26-10-24-56(6)48-20-16-38(36(3)4)28-42(48)18-22-50(56)58;1-13(2)14-6-8-16-15(12-14)7-9-17-19(16,3)10-5-11-20(17,4)18(21)22;1-17-13(15)11-5-3-10-8-12(14(16)18-2)6-4-9(10)7-11;4-1-3(6)2-5;1-2/h11-14,17-18,27-30,35-36,45-50,59-60H,9-10,15-16,19-26,31-34H2,1-8H3;7,12-13,16-17H,5-6,8-11H2,1-4H3,(H,21,22);3-8H,1-2H3;3-6H,1-2H2;2H,1H2/t45?,46?,47-,48-,49?,50?,55+,56+,57+,58+;16-,17?,19+,20+;;;/m00.../s1/i/hD. The van der Waals surface area contributed by atoms with Gasteiger partial charge in [-0.05, 0) is 280 Å². The average molecular weight is 1600 g/mol. The van der Waals surface area contributed by atoms with Gasteiger partial charge < -0.3 is 64.5 Å². The Morgan fingerprint density at radius 3 is 0.983 bits per heavy atom. The number of carbonyl (C=O) groups excluding carboxylic acids is 6. The SMILES string of the molecule is CC(C)C1=CC2=CCC3[C@](C)(C(=O)O)CCC[C@]3(C)[C@H]2CC1.CC(C)C1=CC2=CCC3[C@](C)(C(=O)OCC(O)COC(=O)c4ccc5cc(C(=O)OCC(O)COC(=O)[C@]6(C)CCC[C@@]7(C)C6CC=C6C=C(C(C)C)CC[C@@H]67)ccc5c4)CCC[C@]3(C)[C@H]2CC1.COC(=O)c1ccc2cc(C(=O)OC)ccc2c1.OCC(O)CO.[2H]N=C. The number of fused-ring (bicyclic) bond motifs is 11. The van der Waals surface area contributed by atoms with Crippen LogP contribution in [0.4, 0.5) is 0 Å². The number of aliphatic hydroxyl groups excluding tert-OH is 5. The maximum Gasteiger partial charge on any atom is 0.338 e. The summed E-state index contributed by atoms with van der Waals surface area (Å²) < 4.78 is 37.5. The molecule has 0 aromatic heterocycles. The Balaban J connectivity index is 0.000000255. The van der Waals surface area contributed by atoms with Crippen LogP contribution in [-0.2, 0) is 42.8 Å². The number of esters is 6. The van der Waals surface area contributed by atoms with Crippen LogP contribution in [0.15, 0.2) is 143 Å². The van der Waals surface area contributed by atoms with E-state index in [9.17, 15) is 48.9 Å². The first-order valence-corrected chi connectivity index (χ1v) is 42.0. The molecule has 632 valence electrons. The summed E-state index contributed by atoms with van der Waals surface area (Å²) in [6, 6.07) is 20.1. The van der Waals surface area contributed by atoms with Crippen LogP contribution in [0.3, 0.4) is 0 Å². The third-order valence-corrected chi connectivity index (χ3v) is 28.2. The molecule has 5 unspecified atom stereocenters. The van der Waals surface area contributed by atoms with Crippen molar-refractivity contribution in [1.29, 1.82) is 5.40 Å². The Kier molecular flexibility index (Phi) is 30.2. The van der Waals surface area contributed by atoms with E-state index in [2.05, 4.69) is 120 Å². The number of benzene rings is 4. The number of carbonyl (C=O) groups is 7. The van der Waals surface area contributed by atoms with Gasteiger partial charge in [0.05, 0.1) is 65.9 Å². The zero-order chi connectivity index (χ0) is 85.7. The summed E-state index contributed by atoms with van der Waals surface area (Å²) >= 11 is 0. The number of hydrogen-bond acceptors (Lipinski definition) is 19. The van der Waals surface area contributed by atoms with Crippen LogP contribution in [0.5, 0.6) is 0 Å². The highest BCUT2D eigenvalue weighted by molar-refractivity contribution is 6.00. The monoisotopic (exact) mass is 1600 g/mol. The highest BCUT2D eigenvalue weighted by Gasteiger charge is 2.61. The fourth-order valence-corrected chi connectivity index (χ4v) is 21.4. The molecule has 0 bridgehead atoms. The van der Waals surface area contributed by atoms with Crippen LogP contribution in [-0.4, -0.2) is 151 Å². The van der Waals surface area contributed by atoms with E-state index in [4.69, 9.17) is 35.7 Å². The molecule has 3 fully saturated rings. The third-order valence-electron chi connectivity index (χ3n) is 28.2. The number of aliphatic carboxylic acids is 1. The van der Waals surface area contributed by atoms with E-state index in [1.165, 1.54) is 61.3 Å². The Morgan fingerprint density at radius 1 is 0.440 bits per heavy atom. The first-order chi connectivity index (χ1) is 55.4. The maximum atomic E-state index is 13.8. The number of ether oxygens (including phenoxy) is 6. The normalized spacial score (nSPS) is 28.7. The topological polar surface area (TPSA) is 320 Å². The lowest BCUT2D eigenvalue weighted by Gasteiger charge is -2.57. The van der Waals surface area contributed by atoms with Crippen LogP contribution < -0.4 is 0 Å². The summed E-state index contributed by atoms with van der Waals surface area (Å²) in [6.45, 7) is 27.6. The molecule has 0 amide bonds. The molecular formula is C96H129NO19. The number of aliphatic hydroxyl groups is 5. The molecule has 0 aliphatic heterocycles. The molecule has 13 rings (SSSR count). The number of allylic oxidation sites excluding steroid dienone is 12. The van der Waals surface area contributed by atoms with E-state index in [0.717, 1.165) is 107 Å². The maximum absolute atomic E-state index is 13.8. The molecule has 116 heavy (non-hydrogen) atoms. The van der Waals surface area contributed by atoms with Gasteiger partial charge in [-0.1, -0.05) is 159 Å². The van der Waals surface area contributed by atoms with E-state index in [0.29, 0.717) is 57.4 Å². The van der Waals surface area contributed by atoms with Gasteiger partial charge in [-0.25, -0.2) is 19.2 Å². The van der Waals surface area contributed by atoms with Crippen LogP contribution >= 0.6 is 0 Å². The Morgan fingerprint density at radius 2 is 0.716 bits per heavy atom. The molecule has 9 aliphatic carbocycles. The van der Waals surface area contributed by atoms with Crippen molar-refractivity contribution in [2.24, 2.45) is 85.8 Å². The summed E-state index contributed by atoms with van der Waals surface area (Å²) in [5.74, 6) is 0.441. The Labute approximate surface area is 687 Å². The minimum atomic E-state index is -1.19. The zero-order valence-corrected chi connectivity index (χ0v) is 70.9. The van der Waals surface area contributed by atoms with Gasteiger partial charge in [-0.15, -0.1) is 0 Å². The molecule has 0 radical (unpaired) electrons. The van der Waals surface area contributed by atoms with Crippen LogP contribution in [0.1, 0.15) is 240 Å². The molecule has 7 N–H and O–H groups in total. The van der Waals surface area contributed by atoms with Crippen LogP contribution in [0.25, 0.3) is 21.5 Å². The smallest absolute Gasteiger partial charge is 0.338 e. The summed E-state index contributed by atoms with van der Waals surface area (Å²) in [7, 11) is 2.68. The number of hydrogen-bond donors (Lipinski definition) is 7. The number of nitrogens with one attached hydrogen (secondary N) is 1. The number of carboxylic acid groups (broad SMARTS) is 1. The van der Waals surface area contributed by atoms with Crippen LogP contribution in [0.2, 0.25) is 1.41 Å². The second kappa shape index (κ2) is 39.0. The van der Waals surface area contributed by atoms with Crippen molar-refractivity contribution >= 4 is 70.0 Å². The number of rotatable bonds is 20. The largest absolute Gasteiger partial charge is 0.481 e. The van der Waals surface area contributed by atoms with Gasteiger partial charge in [0, 0.05) is 0 Å². The quantitative estimate of drug-likeness (QED) is 0.0246. The third kappa shape index (κ3) is 19.8. The fraction of sp³-hybridized carbons (Fsp3) is 0.583. The minimum Gasteiger partial charge on any atom is -0.481 e. The average Bonchev–Trinajstić information content (AvgIpc) is 0.734. The lowest BCUT2D eigenvalue weighted by Crippen LogP contribution is -2.53. The van der Waals surface area contributed by atoms with Gasteiger partial charge >= 0.3 is 41.8 Å². The van der Waals surface area contributed by atoms with E-state index in [1.54, 1.807) is 78.4 Å². The van der Waals surface area contributed by atoms with Crippen molar-refractivity contribution in [1.82, 2.24) is 0 Å². The summed E-state index contributed by atoms with van der Waals surface area (Å²) in [5, 5.41) is 61.0. The van der Waals surface area contributed by atoms with E-state index in [1.807, 2.05) is 20.8 Å². The van der Waals surface area contributed by atoms with Gasteiger partial charge in [0.25, 0.3) is 0 Å². The van der Waals surface area contributed by atoms with Gasteiger partial charge in [0.15, 0.2) is 1.41 Å².